The second-order valence-corrected chi connectivity index (χ2v) is 5.82. The molecule has 0 spiro atoms. The fraction of sp³-hybridized carbons (Fsp3) is 0.333. The summed E-state index contributed by atoms with van der Waals surface area (Å²) in [5.41, 5.74) is 2.49. The Morgan fingerprint density at radius 1 is 1.39 bits per heavy atom. The van der Waals surface area contributed by atoms with Crippen LogP contribution in [-0.2, 0) is 6.54 Å². The molecule has 0 bridgehead atoms. The van der Waals surface area contributed by atoms with E-state index in [1.165, 1.54) is 5.56 Å². The van der Waals surface area contributed by atoms with E-state index in [1.54, 1.807) is 12.1 Å². The van der Waals surface area contributed by atoms with Crippen molar-refractivity contribution in [2.75, 3.05) is 18.9 Å². The summed E-state index contributed by atoms with van der Waals surface area (Å²) in [5.74, 6) is -0.00184. The molecule has 120 valence electrons. The topological polar surface area (TPSA) is 65.5 Å². The molecule has 1 saturated heterocycles. The van der Waals surface area contributed by atoms with Gasteiger partial charge in [-0.15, -0.1) is 0 Å². The predicted octanol–water partition coefficient (Wildman–Crippen LogP) is 3.16. The van der Waals surface area contributed by atoms with Crippen LogP contribution in [-0.4, -0.2) is 34.6 Å². The number of nitrogens with zero attached hydrogens (tertiary/aromatic N) is 2. The maximum Gasteiger partial charge on any atom is 0.336 e. The zero-order valence-corrected chi connectivity index (χ0v) is 13.2. The first-order valence-corrected chi connectivity index (χ1v) is 7.88. The first-order valence-electron chi connectivity index (χ1n) is 7.88. The third-order valence-corrected chi connectivity index (χ3v) is 4.41. The van der Waals surface area contributed by atoms with Crippen LogP contribution in [0.4, 0.5) is 5.82 Å². The summed E-state index contributed by atoms with van der Waals surface area (Å²) in [7, 11) is 1.86. The molecule has 0 radical (unpaired) electrons. The van der Waals surface area contributed by atoms with Gasteiger partial charge in [0.2, 0.25) is 0 Å². The van der Waals surface area contributed by atoms with Crippen LogP contribution in [0.2, 0.25) is 0 Å². The second kappa shape index (κ2) is 6.79. The standard InChI is InChI=1S/C18H21N3O2/c1-19-17-11-13(8-9-20-17)16-7-4-10-21(16)12-14-5-2-3-6-15(14)18(22)23/h2-3,5-6,8-9,11,16H,4,7,10,12H2,1H3,(H,19,20)(H,22,23)/t16-/m0/s1. The summed E-state index contributed by atoms with van der Waals surface area (Å²) in [4.78, 5) is 18.0. The predicted molar refractivity (Wildman–Crippen MR) is 89.6 cm³/mol. The Kier molecular flexibility index (Phi) is 4.57. The lowest BCUT2D eigenvalue weighted by Gasteiger charge is -2.25. The minimum absolute atomic E-state index is 0.312. The molecule has 2 heterocycles. The number of carboxylic acid groups (broad SMARTS) is 1. The maximum atomic E-state index is 11.4. The molecule has 23 heavy (non-hydrogen) atoms. The molecule has 1 fully saturated rings. The van der Waals surface area contributed by atoms with E-state index in [2.05, 4.69) is 21.3 Å². The lowest BCUT2D eigenvalue weighted by atomic mass is 10.0. The molecular weight excluding hydrogens is 290 g/mol. The van der Waals surface area contributed by atoms with Crippen LogP contribution in [0.1, 0.15) is 40.4 Å². The van der Waals surface area contributed by atoms with Crippen molar-refractivity contribution in [2.45, 2.75) is 25.4 Å². The first-order chi connectivity index (χ1) is 11.2. The molecule has 1 aliphatic heterocycles. The lowest BCUT2D eigenvalue weighted by Crippen LogP contribution is -2.24. The van der Waals surface area contributed by atoms with Crippen molar-refractivity contribution in [1.82, 2.24) is 9.88 Å². The zero-order valence-electron chi connectivity index (χ0n) is 13.2. The number of hydrogen-bond donors (Lipinski definition) is 2. The van der Waals surface area contributed by atoms with E-state index < -0.39 is 5.97 Å². The number of carbonyl (C=O) groups is 1. The molecule has 5 nitrogen and oxygen atoms in total. The molecule has 5 heteroatoms. The van der Waals surface area contributed by atoms with Gasteiger partial charge in [-0.05, 0) is 48.7 Å². The van der Waals surface area contributed by atoms with Crippen LogP contribution >= 0.6 is 0 Å². The van der Waals surface area contributed by atoms with E-state index in [9.17, 15) is 9.90 Å². The third-order valence-electron chi connectivity index (χ3n) is 4.41. The van der Waals surface area contributed by atoms with Crippen molar-refractivity contribution in [3.05, 3.63) is 59.3 Å². The Labute approximate surface area is 136 Å². The second-order valence-electron chi connectivity index (χ2n) is 5.82. The molecule has 1 aromatic carbocycles. The van der Waals surface area contributed by atoms with Crippen LogP contribution in [0.5, 0.6) is 0 Å². The number of carboxylic acids is 1. The maximum absolute atomic E-state index is 11.4. The van der Waals surface area contributed by atoms with E-state index in [-0.39, 0.29) is 0 Å². The van der Waals surface area contributed by atoms with Gasteiger partial charge in [0.25, 0.3) is 0 Å². The van der Waals surface area contributed by atoms with Gasteiger partial charge in [-0.3, -0.25) is 4.90 Å². The molecular formula is C18H21N3O2. The van der Waals surface area contributed by atoms with Crippen LogP contribution in [0.25, 0.3) is 0 Å². The van der Waals surface area contributed by atoms with Crippen molar-refractivity contribution in [2.24, 2.45) is 0 Å². The average molecular weight is 311 g/mol. The smallest absolute Gasteiger partial charge is 0.336 e. The minimum atomic E-state index is -0.863. The molecule has 2 aromatic rings. The van der Waals surface area contributed by atoms with E-state index in [0.29, 0.717) is 18.2 Å². The Balaban J connectivity index is 1.84. The van der Waals surface area contributed by atoms with Gasteiger partial charge in [-0.1, -0.05) is 18.2 Å². The summed E-state index contributed by atoms with van der Waals surface area (Å²) in [6.45, 7) is 1.64. The number of anilines is 1. The highest BCUT2D eigenvalue weighted by Gasteiger charge is 2.27. The van der Waals surface area contributed by atoms with E-state index >= 15 is 0 Å². The van der Waals surface area contributed by atoms with Crippen LogP contribution < -0.4 is 5.32 Å². The van der Waals surface area contributed by atoms with Gasteiger partial charge in [-0.2, -0.15) is 0 Å². The Hall–Kier alpha value is -2.40. The number of rotatable bonds is 5. The van der Waals surface area contributed by atoms with Gasteiger partial charge in [0.1, 0.15) is 5.82 Å². The number of likely N-dealkylation sites (tertiary alicyclic amines) is 1. The normalized spacial score (nSPS) is 18.0. The monoisotopic (exact) mass is 311 g/mol. The first kappa shape index (κ1) is 15.5. The van der Waals surface area contributed by atoms with E-state index in [0.717, 1.165) is 30.8 Å². The molecule has 1 aliphatic rings. The molecule has 3 rings (SSSR count). The number of nitrogens with one attached hydrogen (secondary N) is 1. The number of aromatic nitrogens is 1. The summed E-state index contributed by atoms with van der Waals surface area (Å²) < 4.78 is 0. The van der Waals surface area contributed by atoms with Crippen molar-refractivity contribution in [1.29, 1.82) is 0 Å². The highest BCUT2D eigenvalue weighted by atomic mass is 16.4. The van der Waals surface area contributed by atoms with Crippen molar-refractivity contribution >= 4 is 11.8 Å². The highest BCUT2D eigenvalue weighted by Crippen LogP contribution is 2.34. The zero-order chi connectivity index (χ0) is 16.2. The van der Waals surface area contributed by atoms with Crippen molar-refractivity contribution < 1.29 is 9.90 Å². The summed E-state index contributed by atoms with van der Waals surface area (Å²) in [6, 6.07) is 11.7. The van der Waals surface area contributed by atoms with Gasteiger partial charge in [0, 0.05) is 25.8 Å². The molecule has 2 N–H and O–H groups in total. The third kappa shape index (κ3) is 3.35. The van der Waals surface area contributed by atoms with Crippen LogP contribution in [0.15, 0.2) is 42.6 Å². The van der Waals surface area contributed by atoms with Crippen LogP contribution in [0, 0.1) is 0 Å². The molecule has 0 unspecified atom stereocenters. The number of pyridine rings is 1. The SMILES string of the molecule is CNc1cc([C@@H]2CCCN2Cc2ccccc2C(=O)O)ccn1. The molecule has 0 aliphatic carbocycles. The van der Waals surface area contributed by atoms with Crippen molar-refractivity contribution in [3.63, 3.8) is 0 Å². The van der Waals surface area contributed by atoms with Gasteiger partial charge in [0.05, 0.1) is 5.56 Å². The largest absolute Gasteiger partial charge is 0.478 e. The van der Waals surface area contributed by atoms with Crippen LogP contribution in [0.3, 0.4) is 0 Å². The Morgan fingerprint density at radius 2 is 2.22 bits per heavy atom. The molecule has 0 amide bonds. The van der Waals surface area contributed by atoms with Gasteiger partial charge in [0.15, 0.2) is 0 Å². The quantitative estimate of drug-likeness (QED) is 0.888. The van der Waals surface area contributed by atoms with Gasteiger partial charge < -0.3 is 10.4 Å². The lowest BCUT2D eigenvalue weighted by molar-refractivity contribution is 0.0694. The number of benzene rings is 1. The fourth-order valence-electron chi connectivity index (χ4n) is 3.27. The Bertz CT molecular complexity index is 702. The number of aromatic carboxylic acids is 1. The number of hydrogen-bond acceptors (Lipinski definition) is 4. The minimum Gasteiger partial charge on any atom is -0.478 e. The van der Waals surface area contributed by atoms with E-state index in [1.807, 2.05) is 31.4 Å². The fourth-order valence-corrected chi connectivity index (χ4v) is 3.27. The molecule has 1 atom stereocenters. The van der Waals surface area contributed by atoms with E-state index in [4.69, 9.17) is 0 Å². The summed E-state index contributed by atoms with van der Waals surface area (Å²) in [5, 5.41) is 12.4. The van der Waals surface area contributed by atoms with Crippen molar-refractivity contribution in [3.8, 4) is 0 Å². The van der Waals surface area contributed by atoms with Gasteiger partial charge in [-0.25, -0.2) is 9.78 Å². The average Bonchev–Trinajstić information content (AvgIpc) is 3.03. The summed E-state index contributed by atoms with van der Waals surface area (Å²) in [6.07, 6.45) is 4.03. The molecule has 1 aromatic heterocycles. The Morgan fingerprint density at radius 3 is 3.00 bits per heavy atom. The highest BCUT2D eigenvalue weighted by molar-refractivity contribution is 5.89. The summed E-state index contributed by atoms with van der Waals surface area (Å²) >= 11 is 0. The molecule has 0 saturated carbocycles. The van der Waals surface area contributed by atoms with Gasteiger partial charge >= 0.3 is 5.97 Å².